The largest absolute Gasteiger partial charge is 0.497 e. The maximum absolute atomic E-state index is 5.92. The fourth-order valence-corrected chi connectivity index (χ4v) is 2.67. The van der Waals surface area contributed by atoms with Crippen molar-refractivity contribution >= 4 is 22.6 Å². The molecule has 1 heterocycles. The summed E-state index contributed by atoms with van der Waals surface area (Å²) in [6.07, 6.45) is 0.755. The molecule has 2 aromatic carbocycles. The lowest BCUT2D eigenvalue weighted by Gasteiger charge is -2.09. The molecule has 0 aliphatic heterocycles. The Morgan fingerprint density at radius 2 is 1.95 bits per heavy atom. The zero-order valence-electron chi connectivity index (χ0n) is 11.9. The van der Waals surface area contributed by atoms with Crippen molar-refractivity contribution in [1.82, 2.24) is 9.55 Å². The lowest BCUT2D eigenvalue weighted by Crippen LogP contribution is -2.06. The van der Waals surface area contributed by atoms with Crippen LogP contribution in [0.1, 0.15) is 11.4 Å². The van der Waals surface area contributed by atoms with Crippen molar-refractivity contribution in [2.75, 3.05) is 13.0 Å². The summed E-state index contributed by atoms with van der Waals surface area (Å²) in [5, 5.41) is 0. The van der Waals surface area contributed by atoms with Crippen LogP contribution in [0, 0.1) is 0 Å². The van der Waals surface area contributed by atoms with E-state index in [1.54, 1.807) is 7.11 Å². The van der Waals surface area contributed by atoms with E-state index < -0.39 is 0 Å². The van der Waals surface area contributed by atoms with Crippen LogP contribution in [0.2, 0.25) is 0 Å². The number of imidazole rings is 1. The monoisotopic (exact) mass is 300 g/mol. The van der Waals surface area contributed by atoms with Gasteiger partial charge in [-0.05, 0) is 17.7 Å². The maximum atomic E-state index is 5.92. The first kappa shape index (κ1) is 14.0. The van der Waals surface area contributed by atoms with Crippen molar-refractivity contribution in [2.24, 2.45) is 0 Å². The van der Waals surface area contributed by atoms with Gasteiger partial charge >= 0.3 is 0 Å². The van der Waals surface area contributed by atoms with E-state index >= 15 is 0 Å². The van der Waals surface area contributed by atoms with E-state index in [2.05, 4.69) is 28.8 Å². The van der Waals surface area contributed by atoms with Gasteiger partial charge in [0.05, 0.1) is 18.1 Å². The Balaban J connectivity index is 2.10. The summed E-state index contributed by atoms with van der Waals surface area (Å²) >= 11 is 5.92. The molecule has 0 aliphatic rings. The zero-order valence-corrected chi connectivity index (χ0v) is 12.7. The van der Waals surface area contributed by atoms with Gasteiger partial charge in [0.25, 0.3) is 0 Å². The highest BCUT2D eigenvalue weighted by Gasteiger charge is 2.11. The summed E-state index contributed by atoms with van der Waals surface area (Å²) in [7, 11) is 1.68. The number of ether oxygens (including phenoxy) is 1. The number of aromatic nitrogens is 2. The Morgan fingerprint density at radius 3 is 2.67 bits per heavy atom. The van der Waals surface area contributed by atoms with Gasteiger partial charge in [0, 0.05) is 24.9 Å². The van der Waals surface area contributed by atoms with Gasteiger partial charge in [0.15, 0.2) is 0 Å². The van der Waals surface area contributed by atoms with Crippen molar-refractivity contribution in [2.45, 2.75) is 13.0 Å². The number of nitrogens with zero attached hydrogens (tertiary/aromatic N) is 2. The molecule has 21 heavy (non-hydrogen) atoms. The van der Waals surface area contributed by atoms with Crippen LogP contribution in [-0.2, 0) is 13.0 Å². The predicted octanol–water partition coefficient (Wildman–Crippen LogP) is 3.87. The smallest absolute Gasteiger partial charge is 0.121 e. The lowest BCUT2D eigenvalue weighted by molar-refractivity contribution is 0.415. The van der Waals surface area contributed by atoms with E-state index in [-0.39, 0.29) is 0 Å². The number of hydrogen-bond donors (Lipinski definition) is 0. The first-order valence-corrected chi connectivity index (χ1v) is 7.48. The lowest BCUT2D eigenvalue weighted by atomic mass is 10.2. The second-order valence-corrected chi connectivity index (χ2v) is 5.27. The third kappa shape index (κ3) is 2.88. The SMILES string of the molecule is COc1ccc2nc(CCCl)n(Cc3ccccc3)c2c1. The number of hydrogen-bond acceptors (Lipinski definition) is 2. The average molecular weight is 301 g/mol. The molecule has 0 N–H and O–H groups in total. The van der Waals surface area contributed by atoms with E-state index in [1.165, 1.54) is 5.56 Å². The fraction of sp³-hybridized carbons (Fsp3) is 0.235. The second-order valence-electron chi connectivity index (χ2n) is 4.89. The first-order valence-electron chi connectivity index (χ1n) is 6.95. The first-order chi connectivity index (χ1) is 10.3. The van der Waals surface area contributed by atoms with Crippen LogP contribution in [0.5, 0.6) is 5.75 Å². The van der Waals surface area contributed by atoms with E-state index in [0.29, 0.717) is 5.88 Å². The van der Waals surface area contributed by atoms with Crippen LogP contribution >= 0.6 is 11.6 Å². The van der Waals surface area contributed by atoms with Crippen molar-refractivity contribution < 1.29 is 4.74 Å². The third-order valence-electron chi connectivity index (χ3n) is 3.54. The molecule has 3 nitrogen and oxygen atoms in total. The molecule has 0 saturated heterocycles. The summed E-state index contributed by atoms with van der Waals surface area (Å²) in [6, 6.07) is 16.3. The molecule has 0 spiro atoms. The molecular formula is C17H17ClN2O. The van der Waals surface area contributed by atoms with E-state index in [4.69, 9.17) is 21.3 Å². The summed E-state index contributed by atoms with van der Waals surface area (Å²) in [6.45, 7) is 0.788. The Bertz CT molecular complexity index is 737. The molecule has 0 unspecified atom stereocenters. The molecule has 108 valence electrons. The normalized spacial score (nSPS) is 11.0. The van der Waals surface area contributed by atoms with Crippen LogP contribution in [0.3, 0.4) is 0 Å². The fourth-order valence-electron chi connectivity index (χ4n) is 2.50. The summed E-state index contributed by atoms with van der Waals surface area (Å²) in [5.74, 6) is 2.42. The molecule has 0 aliphatic carbocycles. The molecule has 0 radical (unpaired) electrons. The van der Waals surface area contributed by atoms with Gasteiger partial charge < -0.3 is 9.30 Å². The Kier molecular flexibility index (Phi) is 4.11. The Labute approximate surface area is 129 Å². The minimum absolute atomic E-state index is 0.565. The number of alkyl halides is 1. The highest BCUT2D eigenvalue weighted by molar-refractivity contribution is 6.17. The molecule has 0 fully saturated rings. The minimum Gasteiger partial charge on any atom is -0.497 e. The zero-order chi connectivity index (χ0) is 14.7. The van der Waals surface area contributed by atoms with E-state index in [9.17, 15) is 0 Å². The molecular weight excluding hydrogens is 284 g/mol. The highest BCUT2D eigenvalue weighted by Crippen LogP contribution is 2.23. The van der Waals surface area contributed by atoms with Crippen LogP contribution in [-0.4, -0.2) is 22.5 Å². The molecule has 3 rings (SSSR count). The van der Waals surface area contributed by atoms with Crippen LogP contribution < -0.4 is 4.74 Å². The molecule has 4 heteroatoms. The van der Waals surface area contributed by atoms with Crippen LogP contribution in [0.25, 0.3) is 11.0 Å². The molecule has 0 atom stereocenters. The van der Waals surface area contributed by atoms with Gasteiger partial charge in [-0.25, -0.2) is 4.98 Å². The molecule has 0 saturated carbocycles. The summed E-state index contributed by atoms with van der Waals surface area (Å²) < 4.78 is 7.55. The predicted molar refractivity (Wildman–Crippen MR) is 86.3 cm³/mol. The molecule has 1 aromatic heterocycles. The van der Waals surface area contributed by atoms with Crippen molar-refractivity contribution in [3.8, 4) is 5.75 Å². The van der Waals surface area contributed by atoms with Gasteiger partial charge in [-0.2, -0.15) is 0 Å². The number of methoxy groups -OCH3 is 1. The van der Waals surface area contributed by atoms with Crippen LogP contribution in [0.15, 0.2) is 48.5 Å². The van der Waals surface area contributed by atoms with E-state index in [1.807, 2.05) is 24.3 Å². The van der Waals surface area contributed by atoms with Crippen LogP contribution in [0.4, 0.5) is 0 Å². The molecule has 0 bridgehead atoms. The molecule has 0 amide bonds. The Morgan fingerprint density at radius 1 is 1.14 bits per heavy atom. The Hall–Kier alpha value is -2.00. The average Bonchev–Trinajstić information content (AvgIpc) is 2.86. The standard InChI is InChI=1S/C17H17ClN2O/c1-21-14-7-8-15-16(11-14)20(17(19-15)9-10-18)12-13-5-3-2-4-6-13/h2-8,11H,9-10,12H2,1H3. The quantitative estimate of drug-likeness (QED) is 0.669. The van der Waals surface area contributed by atoms with Crippen molar-refractivity contribution in [1.29, 1.82) is 0 Å². The maximum Gasteiger partial charge on any atom is 0.121 e. The highest BCUT2D eigenvalue weighted by atomic mass is 35.5. The van der Waals surface area contributed by atoms with Crippen molar-refractivity contribution in [3.63, 3.8) is 0 Å². The van der Waals surface area contributed by atoms with Gasteiger partial charge in [-0.1, -0.05) is 30.3 Å². The van der Waals surface area contributed by atoms with Gasteiger partial charge in [0.2, 0.25) is 0 Å². The van der Waals surface area contributed by atoms with Gasteiger partial charge in [-0.15, -0.1) is 11.6 Å². The number of rotatable bonds is 5. The summed E-state index contributed by atoms with van der Waals surface area (Å²) in [5.41, 5.74) is 3.31. The number of benzene rings is 2. The number of fused-ring (bicyclic) bond motifs is 1. The number of aryl methyl sites for hydroxylation is 1. The van der Waals surface area contributed by atoms with Crippen molar-refractivity contribution in [3.05, 3.63) is 59.9 Å². The third-order valence-corrected chi connectivity index (χ3v) is 3.73. The molecule has 3 aromatic rings. The van der Waals surface area contributed by atoms with Gasteiger partial charge in [0.1, 0.15) is 11.6 Å². The minimum atomic E-state index is 0.565. The summed E-state index contributed by atoms with van der Waals surface area (Å²) in [4.78, 5) is 4.70. The van der Waals surface area contributed by atoms with Gasteiger partial charge in [-0.3, -0.25) is 0 Å². The second kappa shape index (κ2) is 6.19. The number of halogens is 1. The topological polar surface area (TPSA) is 27.1 Å². The van der Waals surface area contributed by atoms with E-state index in [0.717, 1.165) is 35.6 Å².